The van der Waals surface area contributed by atoms with Gasteiger partial charge in [-0.2, -0.15) is 0 Å². The summed E-state index contributed by atoms with van der Waals surface area (Å²) in [5.74, 6) is 0. The number of rotatable bonds is 6. The third kappa shape index (κ3) is 2.88. The van der Waals surface area contributed by atoms with Crippen molar-refractivity contribution in [2.24, 2.45) is 5.73 Å². The van der Waals surface area contributed by atoms with Crippen LogP contribution < -0.4 is 5.73 Å². The molecule has 21 heavy (non-hydrogen) atoms. The highest BCUT2D eigenvalue weighted by Crippen LogP contribution is 2.30. The molecule has 1 unspecified atom stereocenters. The first-order chi connectivity index (χ1) is 10.3. The SMILES string of the molecule is CCN(Cc1cccs1)C(CN)c1coc2ccccc12. The fourth-order valence-corrected chi connectivity index (χ4v) is 3.50. The number of hydrogen-bond donors (Lipinski definition) is 1. The Kier molecular flexibility index (Phi) is 4.39. The number of furan rings is 1. The van der Waals surface area contributed by atoms with Gasteiger partial charge in [0.25, 0.3) is 0 Å². The smallest absolute Gasteiger partial charge is 0.134 e. The maximum Gasteiger partial charge on any atom is 0.134 e. The Bertz CT molecular complexity index is 690. The Morgan fingerprint density at radius 3 is 2.81 bits per heavy atom. The summed E-state index contributed by atoms with van der Waals surface area (Å²) in [5.41, 5.74) is 8.20. The highest BCUT2D eigenvalue weighted by Gasteiger charge is 2.22. The van der Waals surface area contributed by atoms with E-state index in [2.05, 4.69) is 35.4 Å². The van der Waals surface area contributed by atoms with Gasteiger partial charge >= 0.3 is 0 Å². The summed E-state index contributed by atoms with van der Waals surface area (Å²) in [6.45, 7) is 4.65. The maximum absolute atomic E-state index is 6.08. The molecule has 0 aliphatic heterocycles. The summed E-state index contributed by atoms with van der Waals surface area (Å²) in [6.07, 6.45) is 1.86. The first-order valence-electron chi connectivity index (χ1n) is 7.26. The van der Waals surface area contributed by atoms with E-state index in [4.69, 9.17) is 10.2 Å². The zero-order valence-corrected chi connectivity index (χ0v) is 13.0. The average Bonchev–Trinajstić information content (AvgIpc) is 3.17. The van der Waals surface area contributed by atoms with Gasteiger partial charge in [0.15, 0.2) is 0 Å². The minimum Gasteiger partial charge on any atom is -0.464 e. The summed E-state index contributed by atoms with van der Waals surface area (Å²) >= 11 is 1.79. The number of nitrogens with zero attached hydrogens (tertiary/aromatic N) is 1. The number of fused-ring (bicyclic) bond motifs is 1. The largest absolute Gasteiger partial charge is 0.464 e. The molecule has 3 aromatic rings. The highest BCUT2D eigenvalue weighted by atomic mass is 32.1. The van der Waals surface area contributed by atoms with Gasteiger partial charge in [-0.05, 0) is 24.1 Å². The molecule has 3 nitrogen and oxygen atoms in total. The number of thiophene rings is 1. The summed E-state index contributed by atoms with van der Waals surface area (Å²) in [6, 6.07) is 12.6. The normalized spacial score (nSPS) is 13.1. The molecule has 0 bridgehead atoms. The van der Waals surface area contributed by atoms with Gasteiger partial charge in [0.1, 0.15) is 5.58 Å². The van der Waals surface area contributed by atoms with Crippen LogP contribution in [0.4, 0.5) is 0 Å². The van der Waals surface area contributed by atoms with E-state index in [0.29, 0.717) is 6.54 Å². The fraction of sp³-hybridized carbons (Fsp3) is 0.294. The zero-order valence-electron chi connectivity index (χ0n) is 12.2. The van der Waals surface area contributed by atoms with Crippen LogP contribution in [0.1, 0.15) is 23.4 Å². The van der Waals surface area contributed by atoms with E-state index in [1.54, 1.807) is 11.3 Å². The number of hydrogen-bond acceptors (Lipinski definition) is 4. The number of likely N-dealkylation sites (N-methyl/N-ethyl adjacent to an activating group) is 1. The predicted octanol–water partition coefficient (Wildman–Crippen LogP) is 4.02. The third-order valence-electron chi connectivity index (χ3n) is 3.88. The Labute approximate surface area is 129 Å². The van der Waals surface area contributed by atoms with Crippen LogP contribution in [-0.2, 0) is 6.54 Å². The molecule has 1 aromatic carbocycles. The van der Waals surface area contributed by atoms with Crippen molar-refractivity contribution < 1.29 is 4.42 Å². The molecule has 110 valence electrons. The molecule has 3 rings (SSSR count). The molecule has 0 aliphatic rings. The van der Waals surface area contributed by atoms with Crippen molar-refractivity contribution in [2.75, 3.05) is 13.1 Å². The van der Waals surface area contributed by atoms with Gasteiger partial charge in [0.05, 0.1) is 12.3 Å². The minimum atomic E-state index is 0.181. The number of para-hydroxylation sites is 1. The zero-order chi connectivity index (χ0) is 14.7. The van der Waals surface area contributed by atoms with Gasteiger partial charge in [-0.15, -0.1) is 11.3 Å². The van der Waals surface area contributed by atoms with Crippen LogP contribution in [0, 0.1) is 0 Å². The molecule has 0 aliphatic carbocycles. The lowest BCUT2D eigenvalue weighted by Gasteiger charge is -2.29. The highest BCUT2D eigenvalue weighted by molar-refractivity contribution is 7.09. The maximum atomic E-state index is 6.08. The first kappa shape index (κ1) is 14.3. The van der Waals surface area contributed by atoms with Crippen LogP contribution in [0.2, 0.25) is 0 Å². The standard InChI is InChI=1S/C17H20N2OS/c1-2-19(11-13-6-5-9-21-13)16(10-18)15-12-20-17-8-4-3-7-14(15)17/h3-9,12,16H,2,10-11,18H2,1H3. The molecule has 0 radical (unpaired) electrons. The Hall–Kier alpha value is -1.62. The molecule has 2 N–H and O–H groups in total. The Morgan fingerprint density at radius 1 is 1.24 bits per heavy atom. The molecule has 2 aromatic heterocycles. The Morgan fingerprint density at radius 2 is 2.10 bits per heavy atom. The van der Waals surface area contributed by atoms with E-state index in [-0.39, 0.29) is 6.04 Å². The van der Waals surface area contributed by atoms with Crippen LogP contribution in [0.15, 0.2) is 52.5 Å². The van der Waals surface area contributed by atoms with Crippen molar-refractivity contribution in [3.05, 3.63) is 58.5 Å². The molecule has 0 saturated heterocycles. The quantitative estimate of drug-likeness (QED) is 0.747. The third-order valence-corrected chi connectivity index (χ3v) is 4.74. The number of benzene rings is 1. The molecule has 1 atom stereocenters. The van der Waals surface area contributed by atoms with Gasteiger partial charge in [-0.1, -0.05) is 31.2 Å². The van der Waals surface area contributed by atoms with E-state index in [1.807, 2.05) is 24.5 Å². The van der Waals surface area contributed by atoms with Crippen LogP contribution in [0.3, 0.4) is 0 Å². The van der Waals surface area contributed by atoms with Crippen molar-refractivity contribution in [3.63, 3.8) is 0 Å². The molecule has 0 spiro atoms. The van der Waals surface area contributed by atoms with E-state index in [1.165, 1.54) is 10.4 Å². The van der Waals surface area contributed by atoms with Gasteiger partial charge in [-0.25, -0.2) is 0 Å². The first-order valence-corrected chi connectivity index (χ1v) is 8.14. The van der Waals surface area contributed by atoms with E-state index in [0.717, 1.165) is 24.1 Å². The topological polar surface area (TPSA) is 42.4 Å². The van der Waals surface area contributed by atoms with E-state index in [9.17, 15) is 0 Å². The molecular formula is C17H20N2OS. The summed E-state index contributed by atoms with van der Waals surface area (Å²) < 4.78 is 5.68. The van der Waals surface area contributed by atoms with Gasteiger partial charge in [0.2, 0.25) is 0 Å². The monoisotopic (exact) mass is 300 g/mol. The van der Waals surface area contributed by atoms with Crippen molar-refractivity contribution in [3.8, 4) is 0 Å². The molecular weight excluding hydrogens is 280 g/mol. The second kappa shape index (κ2) is 6.43. The van der Waals surface area contributed by atoms with Crippen molar-refractivity contribution in [2.45, 2.75) is 19.5 Å². The molecule has 0 amide bonds. The average molecular weight is 300 g/mol. The molecule has 2 heterocycles. The van der Waals surface area contributed by atoms with Crippen molar-refractivity contribution >= 4 is 22.3 Å². The molecule has 0 fully saturated rings. The number of nitrogens with two attached hydrogens (primary N) is 1. The van der Waals surface area contributed by atoms with Crippen molar-refractivity contribution in [1.82, 2.24) is 4.90 Å². The second-order valence-electron chi connectivity index (χ2n) is 5.08. The van der Waals surface area contributed by atoms with E-state index < -0.39 is 0 Å². The van der Waals surface area contributed by atoms with Crippen molar-refractivity contribution in [1.29, 1.82) is 0 Å². The second-order valence-corrected chi connectivity index (χ2v) is 6.11. The lowest BCUT2D eigenvalue weighted by atomic mass is 10.0. The van der Waals surface area contributed by atoms with Gasteiger partial charge < -0.3 is 10.2 Å². The lowest BCUT2D eigenvalue weighted by molar-refractivity contribution is 0.205. The van der Waals surface area contributed by atoms with Gasteiger partial charge in [0, 0.05) is 28.9 Å². The van der Waals surface area contributed by atoms with Crippen LogP contribution in [0.25, 0.3) is 11.0 Å². The predicted molar refractivity (Wildman–Crippen MR) is 88.4 cm³/mol. The summed E-state index contributed by atoms with van der Waals surface area (Å²) in [7, 11) is 0. The minimum absolute atomic E-state index is 0.181. The van der Waals surface area contributed by atoms with E-state index >= 15 is 0 Å². The fourth-order valence-electron chi connectivity index (χ4n) is 2.77. The van der Waals surface area contributed by atoms with Crippen LogP contribution in [-0.4, -0.2) is 18.0 Å². The summed E-state index contributed by atoms with van der Waals surface area (Å²) in [5, 5.41) is 3.28. The Balaban J connectivity index is 1.92. The van der Waals surface area contributed by atoms with Crippen LogP contribution in [0.5, 0.6) is 0 Å². The molecule has 4 heteroatoms. The lowest BCUT2D eigenvalue weighted by Crippen LogP contribution is -2.32. The molecule has 0 saturated carbocycles. The van der Waals surface area contributed by atoms with Gasteiger partial charge in [-0.3, -0.25) is 4.90 Å². The van der Waals surface area contributed by atoms with Crippen LogP contribution >= 0.6 is 11.3 Å². The summed E-state index contributed by atoms with van der Waals surface area (Å²) in [4.78, 5) is 3.77.